The van der Waals surface area contributed by atoms with E-state index in [1.54, 1.807) is 0 Å². The second-order valence-corrected chi connectivity index (χ2v) is 3.39. The van der Waals surface area contributed by atoms with Gasteiger partial charge in [0.15, 0.2) is 0 Å². The number of rotatable bonds is 5. The summed E-state index contributed by atoms with van der Waals surface area (Å²) < 4.78 is 2.14. The standard InChI is InChI=1S/C12H18N2O/c1-2-9-14-10-8-13-12(14)7-5-3-4-6-11-15/h8,10,15H,2,4,6-7,9,11H2,1H3. The molecule has 0 bridgehead atoms. The Morgan fingerprint density at radius 3 is 3.07 bits per heavy atom. The van der Waals surface area contributed by atoms with Crippen LogP contribution in [0, 0.1) is 11.8 Å². The molecule has 1 N–H and O–H groups in total. The van der Waals surface area contributed by atoms with E-state index in [9.17, 15) is 0 Å². The molecular formula is C12H18N2O. The number of aromatic nitrogens is 2. The van der Waals surface area contributed by atoms with E-state index in [-0.39, 0.29) is 6.61 Å². The van der Waals surface area contributed by atoms with Crippen LogP contribution in [0.5, 0.6) is 0 Å². The number of imidazole rings is 1. The van der Waals surface area contributed by atoms with E-state index in [0.29, 0.717) is 6.42 Å². The highest BCUT2D eigenvalue weighted by Crippen LogP contribution is 1.99. The van der Waals surface area contributed by atoms with Crippen molar-refractivity contribution in [2.75, 3.05) is 6.61 Å². The highest BCUT2D eigenvalue weighted by atomic mass is 16.2. The van der Waals surface area contributed by atoms with Crippen molar-refractivity contribution in [3.05, 3.63) is 18.2 Å². The Morgan fingerprint density at radius 1 is 1.47 bits per heavy atom. The van der Waals surface area contributed by atoms with Crippen LogP contribution in [0.25, 0.3) is 0 Å². The van der Waals surface area contributed by atoms with Gasteiger partial charge in [-0.3, -0.25) is 0 Å². The van der Waals surface area contributed by atoms with Crippen LogP contribution in [-0.2, 0) is 13.0 Å². The molecule has 1 aromatic rings. The molecule has 0 amide bonds. The van der Waals surface area contributed by atoms with Crippen LogP contribution in [0.15, 0.2) is 12.4 Å². The van der Waals surface area contributed by atoms with E-state index < -0.39 is 0 Å². The Balaban J connectivity index is 2.41. The third-order valence-corrected chi connectivity index (χ3v) is 2.10. The fourth-order valence-corrected chi connectivity index (χ4v) is 1.35. The van der Waals surface area contributed by atoms with Gasteiger partial charge in [-0.15, -0.1) is 5.92 Å². The van der Waals surface area contributed by atoms with Gasteiger partial charge in [0.05, 0.1) is 6.42 Å². The normalized spacial score (nSPS) is 9.73. The van der Waals surface area contributed by atoms with Gasteiger partial charge in [0.2, 0.25) is 0 Å². The summed E-state index contributed by atoms with van der Waals surface area (Å²) in [7, 11) is 0. The van der Waals surface area contributed by atoms with Crippen molar-refractivity contribution < 1.29 is 5.11 Å². The Labute approximate surface area is 91.1 Å². The van der Waals surface area contributed by atoms with Gasteiger partial charge in [0, 0.05) is 32.0 Å². The number of aryl methyl sites for hydroxylation is 1. The second kappa shape index (κ2) is 7.08. The molecule has 0 fully saturated rings. The molecule has 0 saturated heterocycles. The van der Waals surface area contributed by atoms with Gasteiger partial charge >= 0.3 is 0 Å². The van der Waals surface area contributed by atoms with Gasteiger partial charge in [-0.1, -0.05) is 12.8 Å². The maximum Gasteiger partial charge on any atom is 0.120 e. The number of hydrogen-bond donors (Lipinski definition) is 1. The smallest absolute Gasteiger partial charge is 0.120 e. The molecule has 0 aliphatic rings. The predicted molar refractivity (Wildman–Crippen MR) is 60.3 cm³/mol. The minimum atomic E-state index is 0.221. The zero-order valence-electron chi connectivity index (χ0n) is 9.24. The topological polar surface area (TPSA) is 38.0 Å². The molecule has 0 spiro atoms. The van der Waals surface area contributed by atoms with Crippen LogP contribution in [0.3, 0.4) is 0 Å². The first kappa shape index (κ1) is 11.8. The summed E-state index contributed by atoms with van der Waals surface area (Å²) in [4.78, 5) is 4.26. The summed E-state index contributed by atoms with van der Waals surface area (Å²) in [5.74, 6) is 7.14. The van der Waals surface area contributed by atoms with E-state index in [0.717, 1.165) is 31.6 Å². The van der Waals surface area contributed by atoms with Crippen molar-refractivity contribution in [2.24, 2.45) is 0 Å². The number of aliphatic hydroxyl groups is 1. The molecule has 1 heterocycles. The molecule has 0 radical (unpaired) electrons. The molecule has 0 saturated carbocycles. The fourth-order valence-electron chi connectivity index (χ4n) is 1.35. The number of unbranched alkanes of at least 4 members (excludes halogenated alkanes) is 1. The van der Waals surface area contributed by atoms with E-state index in [1.807, 2.05) is 12.4 Å². The maximum atomic E-state index is 8.58. The van der Waals surface area contributed by atoms with Gasteiger partial charge in [-0.2, -0.15) is 0 Å². The molecule has 1 rings (SSSR count). The van der Waals surface area contributed by atoms with Crippen molar-refractivity contribution in [3.8, 4) is 11.8 Å². The van der Waals surface area contributed by atoms with E-state index >= 15 is 0 Å². The monoisotopic (exact) mass is 206 g/mol. The molecule has 1 aromatic heterocycles. The average molecular weight is 206 g/mol. The van der Waals surface area contributed by atoms with Crippen LogP contribution in [0.4, 0.5) is 0 Å². The van der Waals surface area contributed by atoms with Gasteiger partial charge in [0.25, 0.3) is 0 Å². The Hall–Kier alpha value is -1.27. The van der Waals surface area contributed by atoms with Gasteiger partial charge in [-0.05, 0) is 12.8 Å². The van der Waals surface area contributed by atoms with Crippen molar-refractivity contribution in [1.29, 1.82) is 0 Å². The van der Waals surface area contributed by atoms with Crippen molar-refractivity contribution >= 4 is 0 Å². The summed E-state index contributed by atoms with van der Waals surface area (Å²) in [5, 5.41) is 8.58. The second-order valence-electron chi connectivity index (χ2n) is 3.39. The Bertz CT molecular complexity index is 333. The molecule has 0 aliphatic heterocycles. The molecule has 15 heavy (non-hydrogen) atoms. The largest absolute Gasteiger partial charge is 0.396 e. The summed E-state index contributed by atoms with van der Waals surface area (Å²) in [6.07, 6.45) is 7.16. The summed E-state index contributed by atoms with van der Waals surface area (Å²) in [6.45, 7) is 3.38. The van der Waals surface area contributed by atoms with Crippen LogP contribution in [0.2, 0.25) is 0 Å². The molecular weight excluding hydrogens is 188 g/mol. The fraction of sp³-hybridized carbons (Fsp3) is 0.583. The lowest BCUT2D eigenvalue weighted by atomic mass is 10.3. The average Bonchev–Trinajstić information content (AvgIpc) is 2.66. The maximum absolute atomic E-state index is 8.58. The van der Waals surface area contributed by atoms with Crippen molar-refractivity contribution in [2.45, 2.75) is 39.2 Å². The van der Waals surface area contributed by atoms with E-state index in [2.05, 4.69) is 28.3 Å². The van der Waals surface area contributed by atoms with Crippen LogP contribution >= 0.6 is 0 Å². The van der Waals surface area contributed by atoms with Gasteiger partial charge < -0.3 is 9.67 Å². The lowest BCUT2D eigenvalue weighted by molar-refractivity contribution is 0.290. The highest BCUT2D eigenvalue weighted by molar-refractivity contribution is 5.08. The molecule has 0 unspecified atom stereocenters. The third-order valence-electron chi connectivity index (χ3n) is 2.10. The van der Waals surface area contributed by atoms with Crippen molar-refractivity contribution in [1.82, 2.24) is 9.55 Å². The first-order chi connectivity index (χ1) is 7.38. The van der Waals surface area contributed by atoms with Crippen molar-refractivity contribution in [3.63, 3.8) is 0 Å². The lowest BCUT2D eigenvalue weighted by Crippen LogP contribution is -2.01. The van der Waals surface area contributed by atoms with E-state index in [4.69, 9.17) is 5.11 Å². The first-order valence-electron chi connectivity index (χ1n) is 5.45. The highest BCUT2D eigenvalue weighted by Gasteiger charge is 1.98. The molecule has 82 valence electrons. The zero-order chi connectivity index (χ0) is 10.9. The van der Waals surface area contributed by atoms with Gasteiger partial charge in [0.1, 0.15) is 5.82 Å². The minimum Gasteiger partial charge on any atom is -0.396 e. The molecule has 0 aromatic carbocycles. The van der Waals surface area contributed by atoms with Crippen LogP contribution < -0.4 is 0 Å². The quantitative estimate of drug-likeness (QED) is 0.587. The predicted octanol–water partition coefficient (Wildman–Crippen LogP) is 1.61. The number of aliphatic hydroxyl groups excluding tert-OH is 1. The summed E-state index contributed by atoms with van der Waals surface area (Å²) >= 11 is 0. The molecule has 3 heteroatoms. The zero-order valence-corrected chi connectivity index (χ0v) is 9.24. The molecule has 3 nitrogen and oxygen atoms in total. The Morgan fingerprint density at radius 2 is 2.33 bits per heavy atom. The van der Waals surface area contributed by atoms with Crippen LogP contribution in [0.1, 0.15) is 32.0 Å². The minimum absolute atomic E-state index is 0.221. The lowest BCUT2D eigenvalue weighted by Gasteiger charge is -2.02. The number of nitrogens with zero attached hydrogens (tertiary/aromatic N) is 2. The summed E-state index contributed by atoms with van der Waals surface area (Å²) in [6, 6.07) is 0. The van der Waals surface area contributed by atoms with E-state index in [1.165, 1.54) is 0 Å². The Kier molecular flexibility index (Phi) is 5.57. The SMILES string of the molecule is CCCn1ccnc1CC#CCCCO. The first-order valence-corrected chi connectivity index (χ1v) is 5.45. The molecule has 0 aliphatic carbocycles. The van der Waals surface area contributed by atoms with Crippen LogP contribution in [-0.4, -0.2) is 21.3 Å². The number of hydrogen-bond acceptors (Lipinski definition) is 2. The van der Waals surface area contributed by atoms with Gasteiger partial charge in [-0.25, -0.2) is 4.98 Å². The summed E-state index contributed by atoms with van der Waals surface area (Å²) in [5.41, 5.74) is 0. The molecule has 0 atom stereocenters. The third kappa shape index (κ3) is 4.18.